The van der Waals surface area contributed by atoms with Gasteiger partial charge in [0.05, 0.1) is 18.3 Å². The number of benzene rings is 2. The van der Waals surface area contributed by atoms with E-state index in [1.807, 2.05) is 25.2 Å². The van der Waals surface area contributed by atoms with Crippen molar-refractivity contribution < 1.29 is 9.47 Å². The normalized spacial score (nSPS) is 18.6. The Morgan fingerprint density at radius 2 is 1.79 bits per heavy atom. The van der Waals surface area contributed by atoms with Crippen LogP contribution in [-0.4, -0.2) is 69.9 Å². The minimum atomic E-state index is 0.654. The Labute approximate surface area is 202 Å². The van der Waals surface area contributed by atoms with Crippen molar-refractivity contribution in [1.29, 1.82) is 0 Å². The number of hydrogen-bond donors (Lipinski definition) is 1. The Bertz CT molecular complexity index is 1100. The Kier molecular flexibility index (Phi) is 7.16. The van der Waals surface area contributed by atoms with Crippen molar-refractivity contribution in [2.75, 3.05) is 64.9 Å². The first-order valence-corrected chi connectivity index (χ1v) is 12.6. The molecule has 6 heteroatoms. The van der Waals surface area contributed by atoms with Gasteiger partial charge in [-0.15, -0.1) is 0 Å². The molecule has 1 unspecified atom stereocenters. The number of aromatic nitrogens is 1. The molecule has 34 heavy (non-hydrogen) atoms. The van der Waals surface area contributed by atoms with Gasteiger partial charge < -0.3 is 24.6 Å². The first-order chi connectivity index (χ1) is 16.7. The predicted octanol–water partition coefficient (Wildman–Crippen LogP) is 4.43. The van der Waals surface area contributed by atoms with E-state index in [0.29, 0.717) is 6.61 Å². The summed E-state index contributed by atoms with van der Waals surface area (Å²) in [5.41, 5.74) is 4.34. The van der Waals surface area contributed by atoms with Crippen LogP contribution in [0.2, 0.25) is 0 Å². The number of pyridine rings is 1. The van der Waals surface area contributed by atoms with Crippen LogP contribution in [0.5, 0.6) is 11.5 Å². The molecule has 2 aliphatic heterocycles. The van der Waals surface area contributed by atoms with Crippen LogP contribution in [0.25, 0.3) is 22.2 Å². The van der Waals surface area contributed by atoms with Crippen LogP contribution in [-0.2, 0) is 0 Å². The number of nitrogens with zero attached hydrogens (tertiary/aromatic N) is 3. The number of methoxy groups -OCH3 is 1. The number of rotatable bonds is 9. The number of likely N-dealkylation sites (N-methyl/N-ethyl adjacent to an activating group) is 1. The Balaban J connectivity index is 1.42. The molecule has 2 aromatic carbocycles. The lowest BCUT2D eigenvalue weighted by atomic mass is 10.1. The minimum Gasteiger partial charge on any atom is -0.497 e. The summed E-state index contributed by atoms with van der Waals surface area (Å²) in [6, 6.07) is 16.8. The standard InChI is InChI=1S/C28H36N4O2/c1-29-12-16-34-23-7-5-22(6-8-23)26-18-28(25-10-9-24(33-2)17-27(25)30-26)32-15-11-21(20-32)19-31-13-3-4-14-31/h5-10,17-18,21,29H,3-4,11-16,19-20H2,1-2H3. The van der Waals surface area contributed by atoms with Gasteiger partial charge in [-0.1, -0.05) is 0 Å². The van der Waals surface area contributed by atoms with Gasteiger partial charge in [-0.05, 0) is 87.8 Å². The molecular formula is C28H36N4O2. The lowest BCUT2D eigenvalue weighted by Gasteiger charge is -2.23. The van der Waals surface area contributed by atoms with Crippen molar-refractivity contribution in [1.82, 2.24) is 15.2 Å². The van der Waals surface area contributed by atoms with Gasteiger partial charge in [-0.25, -0.2) is 4.98 Å². The SMILES string of the molecule is CNCCOc1ccc(-c2cc(N3CCC(CN4CCCC4)C3)c3ccc(OC)cc3n2)cc1. The maximum atomic E-state index is 5.80. The molecule has 1 atom stereocenters. The third-order valence-electron chi connectivity index (χ3n) is 7.11. The fraction of sp³-hybridized carbons (Fsp3) is 0.464. The van der Waals surface area contributed by atoms with Gasteiger partial charge in [-0.2, -0.15) is 0 Å². The Hall–Kier alpha value is -2.83. The molecule has 5 rings (SSSR count). The summed E-state index contributed by atoms with van der Waals surface area (Å²) in [7, 11) is 3.64. The lowest BCUT2D eigenvalue weighted by Crippen LogP contribution is -2.29. The highest BCUT2D eigenvalue weighted by molar-refractivity contribution is 5.95. The molecule has 3 aromatic rings. The molecule has 3 heterocycles. The smallest absolute Gasteiger partial charge is 0.121 e. The highest BCUT2D eigenvalue weighted by Crippen LogP contribution is 2.36. The minimum absolute atomic E-state index is 0.654. The molecule has 2 aliphatic rings. The van der Waals surface area contributed by atoms with Crippen molar-refractivity contribution in [3.8, 4) is 22.8 Å². The van der Waals surface area contributed by atoms with Crippen LogP contribution in [0.4, 0.5) is 5.69 Å². The van der Waals surface area contributed by atoms with E-state index in [1.54, 1.807) is 7.11 Å². The summed E-state index contributed by atoms with van der Waals surface area (Å²) in [6.45, 7) is 7.46. The van der Waals surface area contributed by atoms with E-state index in [9.17, 15) is 0 Å². The van der Waals surface area contributed by atoms with E-state index in [4.69, 9.17) is 14.5 Å². The quantitative estimate of drug-likeness (QED) is 0.477. The molecule has 6 nitrogen and oxygen atoms in total. The zero-order valence-electron chi connectivity index (χ0n) is 20.4. The van der Waals surface area contributed by atoms with Crippen molar-refractivity contribution in [3.63, 3.8) is 0 Å². The number of fused-ring (bicyclic) bond motifs is 1. The average Bonchev–Trinajstić information content (AvgIpc) is 3.56. The largest absolute Gasteiger partial charge is 0.497 e. The van der Waals surface area contributed by atoms with Crippen molar-refractivity contribution >= 4 is 16.6 Å². The second kappa shape index (κ2) is 10.6. The maximum Gasteiger partial charge on any atom is 0.121 e. The van der Waals surface area contributed by atoms with E-state index in [2.05, 4.69) is 45.4 Å². The molecule has 0 saturated carbocycles. The van der Waals surface area contributed by atoms with Gasteiger partial charge >= 0.3 is 0 Å². The van der Waals surface area contributed by atoms with Crippen molar-refractivity contribution in [2.45, 2.75) is 19.3 Å². The topological polar surface area (TPSA) is 49.9 Å². The predicted molar refractivity (Wildman–Crippen MR) is 139 cm³/mol. The second-order valence-corrected chi connectivity index (χ2v) is 9.49. The lowest BCUT2D eigenvalue weighted by molar-refractivity contribution is 0.289. The summed E-state index contributed by atoms with van der Waals surface area (Å²) in [6.07, 6.45) is 3.97. The van der Waals surface area contributed by atoms with Crippen molar-refractivity contribution in [2.24, 2.45) is 5.92 Å². The molecule has 0 amide bonds. The molecule has 1 aromatic heterocycles. The monoisotopic (exact) mass is 460 g/mol. The number of ether oxygens (including phenoxy) is 2. The van der Waals surface area contributed by atoms with E-state index in [-0.39, 0.29) is 0 Å². The third-order valence-corrected chi connectivity index (χ3v) is 7.11. The van der Waals surface area contributed by atoms with Crippen molar-refractivity contribution in [3.05, 3.63) is 48.5 Å². The van der Waals surface area contributed by atoms with Crippen LogP contribution in [0.15, 0.2) is 48.5 Å². The number of hydrogen-bond acceptors (Lipinski definition) is 6. The first kappa shape index (κ1) is 22.9. The van der Waals surface area contributed by atoms with E-state index >= 15 is 0 Å². The van der Waals surface area contributed by atoms with Crippen LogP contribution >= 0.6 is 0 Å². The van der Waals surface area contributed by atoms with Crippen LogP contribution < -0.4 is 19.7 Å². The van der Waals surface area contributed by atoms with E-state index in [0.717, 1.165) is 53.8 Å². The van der Waals surface area contributed by atoms with Gasteiger partial charge in [0.1, 0.15) is 18.1 Å². The van der Waals surface area contributed by atoms with Crippen LogP contribution in [0.3, 0.4) is 0 Å². The number of anilines is 1. The molecular weight excluding hydrogens is 424 g/mol. The Morgan fingerprint density at radius 1 is 1.00 bits per heavy atom. The van der Waals surface area contributed by atoms with Gasteiger partial charge in [0.15, 0.2) is 0 Å². The Morgan fingerprint density at radius 3 is 2.56 bits per heavy atom. The molecule has 0 bridgehead atoms. The highest BCUT2D eigenvalue weighted by atomic mass is 16.5. The second-order valence-electron chi connectivity index (χ2n) is 9.49. The zero-order chi connectivity index (χ0) is 23.3. The molecule has 180 valence electrons. The average molecular weight is 461 g/mol. The van der Waals surface area contributed by atoms with E-state index < -0.39 is 0 Å². The van der Waals surface area contributed by atoms with Crippen LogP contribution in [0, 0.1) is 5.92 Å². The summed E-state index contributed by atoms with van der Waals surface area (Å²) in [5, 5.41) is 4.30. The first-order valence-electron chi connectivity index (χ1n) is 12.6. The van der Waals surface area contributed by atoms with Gasteiger partial charge in [0.25, 0.3) is 0 Å². The third kappa shape index (κ3) is 5.13. The van der Waals surface area contributed by atoms with Gasteiger partial charge in [-0.3, -0.25) is 0 Å². The zero-order valence-corrected chi connectivity index (χ0v) is 20.4. The molecule has 1 N–H and O–H groups in total. The van der Waals surface area contributed by atoms with Crippen LogP contribution in [0.1, 0.15) is 19.3 Å². The fourth-order valence-corrected chi connectivity index (χ4v) is 5.25. The molecule has 0 spiro atoms. The summed E-state index contributed by atoms with van der Waals surface area (Å²) in [5.74, 6) is 2.45. The highest BCUT2D eigenvalue weighted by Gasteiger charge is 2.27. The molecule has 2 saturated heterocycles. The van der Waals surface area contributed by atoms with Gasteiger partial charge in [0, 0.05) is 48.9 Å². The number of nitrogens with one attached hydrogen (secondary N) is 1. The summed E-state index contributed by atoms with van der Waals surface area (Å²) >= 11 is 0. The fourth-order valence-electron chi connectivity index (χ4n) is 5.25. The summed E-state index contributed by atoms with van der Waals surface area (Å²) in [4.78, 5) is 10.2. The summed E-state index contributed by atoms with van der Waals surface area (Å²) < 4.78 is 11.3. The number of likely N-dealkylation sites (tertiary alicyclic amines) is 1. The molecule has 0 aliphatic carbocycles. The molecule has 0 radical (unpaired) electrons. The molecule has 2 fully saturated rings. The maximum absolute atomic E-state index is 5.80. The van der Waals surface area contributed by atoms with Gasteiger partial charge in [0.2, 0.25) is 0 Å². The van der Waals surface area contributed by atoms with E-state index in [1.165, 1.54) is 50.0 Å².